The van der Waals surface area contributed by atoms with Gasteiger partial charge in [-0.2, -0.15) is 0 Å². The number of hydrogen-bond acceptors (Lipinski definition) is 3. The first kappa shape index (κ1) is 12.2. The van der Waals surface area contributed by atoms with Crippen molar-refractivity contribution in [2.45, 2.75) is 0 Å². The Hall–Kier alpha value is -1.88. The predicted molar refractivity (Wildman–Crippen MR) is 58.6 cm³/mol. The highest BCUT2D eigenvalue weighted by atomic mass is 19.1. The SMILES string of the molecule is NC/C=C/CNC(=O)c1ccc(F)cc1O. The number of carbonyl (C=O) groups is 1. The van der Waals surface area contributed by atoms with Crippen LogP contribution in [0.5, 0.6) is 5.75 Å². The van der Waals surface area contributed by atoms with Gasteiger partial charge < -0.3 is 16.2 Å². The minimum absolute atomic E-state index is 0.0440. The lowest BCUT2D eigenvalue weighted by molar-refractivity contribution is 0.0955. The van der Waals surface area contributed by atoms with Crippen LogP contribution >= 0.6 is 0 Å². The van der Waals surface area contributed by atoms with Gasteiger partial charge >= 0.3 is 0 Å². The lowest BCUT2D eigenvalue weighted by Crippen LogP contribution is -2.23. The Bertz CT molecular complexity index is 405. The molecule has 4 N–H and O–H groups in total. The summed E-state index contributed by atoms with van der Waals surface area (Å²) in [7, 11) is 0. The van der Waals surface area contributed by atoms with E-state index in [1.807, 2.05) is 0 Å². The van der Waals surface area contributed by atoms with Gasteiger partial charge in [0.1, 0.15) is 11.6 Å². The number of halogens is 1. The Balaban J connectivity index is 2.63. The minimum atomic E-state index is -0.586. The molecule has 0 saturated heterocycles. The number of aromatic hydroxyl groups is 1. The number of amides is 1. The molecular formula is C11H13FN2O2. The molecule has 0 unspecified atom stereocenters. The molecule has 1 amide bonds. The maximum atomic E-state index is 12.6. The number of nitrogens with two attached hydrogens (primary N) is 1. The highest BCUT2D eigenvalue weighted by molar-refractivity contribution is 5.96. The quantitative estimate of drug-likeness (QED) is 0.661. The van der Waals surface area contributed by atoms with Gasteiger partial charge in [0.2, 0.25) is 0 Å². The second-order valence-corrected chi connectivity index (χ2v) is 3.08. The van der Waals surface area contributed by atoms with Gasteiger partial charge in [-0.15, -0.1) is 0 Å². The molecule has 0 aliphatic rings. The molecule has 0 aliphatic carbocycles. The first-order chi connectivity index (χ1) is 7.65. The largest absolute Gasteiger partial charge is 0.507 e. The van der Waals surface area contributed by atoms with Gasteiger partial charge in [-0.05, 0) is 12.1 Å². The molecule has 1 rings (SSSR count). The van der Waals surface area contributed by atoms with E-state index in [0.717, 1.165) is 12.1 Å². The summed E-state index contributed by atoms with van der Waals surface area (Å²) in [6.45, 7) is 0.713. The number of rotatable bonds is 4. The lowest BCUT2D eigenvalue weighted by atomic mass is 10.2. The van der Waals surface area contributed by atoms with Gasteiger partial charge in [0.25, 0.3) is 5.91 Å². The van der Waals surface area contributed by atoms with Gasteiger partial charge in [-0.25, -0.2) is 4.39 Å². The average Bonchev–Trinajstić information content (AvgIpc) is 2.24. The highest BCUT2D eigenvalue weighted by Gasteiger charge is 2.10. The van der Waals surface area contributed by atoms with Crippen molar-refractivity contribution in [3.05, 3.63) is 41.7 Å². The summed E-state index contributed by atoms with van der Waals surface area (Å²) in [4.78, 5) is 11.5. The third kappa shape index (κ3) is 3.36. The van der Waals surface area contributed by atoms with Crippen LogP contribution in [-0.2, 0) is 0 Å². The Morgan fingerprint density at radius 3 is 2.88 bits per heavy atom. The lowest BCUT2D eigenvalue weighted by Gasteiger charge is -2.04. The Morgan fingerprint density at radius 2 is 2.25 bits per heavy atom. The molecule has 0 radical (unpaired) electrons. The van der Waals surface area contributed by atoms with Crippen LogP contribution < -0.4 is 11.1 Å². The Labute approximate surface area is 92.6 Å². The van der Waals surface area contributed by atoms with E-state index in [2.05, 4.69) is 5.32 Å². The predicted octanol–water partition coefficient (Wildman–Crippen LogP) is 0.776. The van der Waals surface area contributed by atoms with Gasteiger partial charge in [-0.1, -0.05) is 12.2 Å². The molecule has 16 heavy (non-hydrogen) atoms. The third-order valence-electron chi connectivity index (χ3n) is 1.89. The molecule has 0 fully saturated rings. The van der Waals surface area contributed by atoms with E-state index in [0.29, 0.717) is 13.1 Å². The van der Waals surface area contributed by atoms with Crippen molar-refractivity contribution in [2.24, 2.45) is 5.73 Å². The summed E-state index contributed by atoms with van der Waals surface area (Å²) in [6.07, 6.45) is 3.39. The zero-order valence-corrected chi connectivity index (χ0v) is 8.61. The Kier molecular flexibility index (Phi) is 4.47. The van der Waals surface area contributed by atoms with Crippen LogP contribution in [0.3, 0.4) is 0 Å². The topological polar surface area (TPSA) is 75.3 Å². The van der Waals surface area contributed by atoms with Gasteiger partial charge in [0, 0.05) is 19.2 Å². The van der Waals surface area contributed by atoms with Crippen molar-refractivity contribution >= 4 is 5.91 Å². The first-order valence-corrected chi connectivity index (χ1v) is 4.77. The van der Waals surface area contributed by atoms with E-state index < -0.39 is 11.7 Å². The maximum absolute atomic E-state index is 12.6. The first-order valence-electron chi connectivity index (χ1n) is 4.77. The monoisotopic (exact) mass is 224 g/mol. The van der Waals surface area contributed by atoms with Crippen molar-refractivity contribution in [2.75, 3.05) is 13.1 Å². The number of phenols is 1. The summed E-state index contributed by atoms with van der Waals surface area (Å²) in [5, 5.41) is 11.9. The summed E-state index contributed by atoms with van der Waals surface area (Å²) in [5.41, 5.74) is 5.26. The molecule has 0 aliphatic heterocycles. The second-order valence-electron chi connectivity index (χ2n) is 3.08. The van der Waals surface area contributed by atoms with Crippen LogP contribution in [0, 0.1) is 5.82 Å². The second kappa shape index (κ2) is 5.87. The van der Waals surface area contributed by atoms with E-state index in [4.69, 9.17) is 5.73 Å². The molecule has 0 atom stereocenters. The van der Waals surface area contributed by atoms with Crippen LogP contribution in [-0.4, -0.2) is 24.1 Å². The van der Waals surface area contributed by atoms with E-state index in [-0.39, 0.29) is 11.3 Å². The molecule has 4 nitrogen and oxygen atoms in total. The highest BCUT2D eigenvalue weighted by Crippen LogP contribution is 2.17. The molecule has 86 valence electrons. The van der Waals surface area contributed by atoms with Crippen LogP contribution in [0.2, 0.25) is 0 Å². The van der Waals surface area contributed by atoms with Crippen molar-refractivity contribution in [1.82, 2.24) is 5.32 Å². The maximum Gasteiger partial charge on any atom is 0.255 e. The summed E-state index contributed by atoms with van der Waals surface area (Å²) >= 11 is 0. The normalized spacial score (nSPS) is 10.6. The van der Waals surface area contributed by atoms with E-state index in [9.17, 15) is 14.3 Å². The molecule has 0 saturated carbocycles. The van der Waals surface area contributed by atoms with Crippen LogP contribution in [0.4, 0.5) is 4.39 Å². The summed E-state index contributed by atoms with van der Waals surface area (Å²) in [6, 6.07) is 3.24. The fourth-order valence-electron chi connectivity index (χ4n) is 1.12. The Morgan fingerprint density at radius 1 is 1.50 bits per heavy atom. The smallest absolute Gasteiger partial charge is 0.255 e. The molecule has 1 aromatic rings. The van der Waals surface area contributed by atoms with Gasteiger partial charge in [0.05, 0.1) is 5.56 Å². The molecule has 5 heteroatoms. The molecule has 0 heterocycles. The van der Waals surface area contributed by atoms with Crippen molar-refractivity contribution in [3.8, 4) is 5.75 Å². The number of nitrogens with one attached hydrogen (secondary N) is 1. The van der Waals surface area contributed by atoms with E-state index >= 15 is 0 Å². The molecule has 1 aromatic carbocycles. The average molecular weight is 224 g/mol. The zero-order valence-electron chi connectivity index (χ0n) is 8.61. The van der Waals surface area contributed by atoms with E-state index in [1.54, 1.807) is 12.2 Å². The van der Waals surface area contributed by atoms with Crippen LogP contribution in [0.15, 0.2) is 30.4 Å². The molecule has 0 spiro atoms. The number of benzene rings is 1. The summed E-state index contributed by atoms with van der Waals surface area (Å²) < 4.78 is 12.6. The molecular weight excluding hydrogens is 211 g/mol. The van der Waals surface area contributed by atoms with Gasteiger partial charge in [0.15, 0.2) is 0 Å². The third-order valence-corrected chi connectivity index (χ3v) is 1.89. The van der Waals surface area contributed by atoms with Crippen molar-refractivity contribution < 1.29 is 14.3 Å². The van der Waals surface area contributed by atoms with Crippen LogP contribution in [0.1, 0.15) is 10.4 Å². The van der Waals surface area contributed by atoms with Gasteiger partial charge in [-0.3, -0.25) is 4.79 Å². The minimum Gasteiger partial charge on any atom is -0.507 e. The zero-order chi connectivity index (χ0) is 12.0. The standard InChI is InChI=1S/C11H13FN2O2/c12-8-3-4-9(10(15)7-8)11(16)14-6-2-1-5-13/h1-4,7,15H,5-6,13H2,(H,14,16)/b2-1+. The fourth-order valence-corrected chi connectivity index (χ4v) is 1.12. The number of phenolic OH excluding ortho intramolecular Hbond substituents is 1. The molecule has 0 bridgehead atoms. The summed E-state index contributed by atoms with van der Waals surface area (Å²) in [5.74, 6) is -1.42. The van der Waals surface area contributed by atoms with Crippen molar-refractivity contribution in [3.63, 3.8) is 0 Å². The van der Waals surface area contributed by atoms with Crippen molar-refractivity contribution in [1.29, 1.82) is 0 Å². The van der Waals surface area contributed by atoms with E-state index in [1.165, 1.54) is 6.07 Å². The fraction of sp³-hybridized carbons (Fsp3) is 0.182. The number of carbonyl (C=O) groups excluding carboxylic acids is 1. The number of hydrogen-bond donors (Lipinski definition) is 3. The molecule has 0 aromatic heterocycles. The van der Waals surface area contributed by atoms with Crippen LogP contribution in [0.25, 0.3) is 0 Å².